The van der Waals surface area contributed by atoms with Crippen LogP contribution in [0.3, 0.4) is 0 Å². The van der Waals surface area contributed by atoms with Gasteiger partial charge >= 0.3 is 0 Å². The maximum Gasteiger partial charge on any atom is 0.0209 e. The summed E-state index contributed by atoms with van der Waals surface area (Å²) < 4.78 is 1.33. The second-order valence-corrected chi connectivity index (χ2v) is 8.03. The fourth-order valence-corrected chi connectivity index (χ4v) is 3.85. The Morgan fingerprint density at radius 2 is 1.29 bits per heavy atom. The van der Waals surface area contributed by atoms with Gasteiger partial charge in [0.05, 0.1) is 0 Å². The number of benzene rings is 4. The molecule has 0 aliphatic rings. The topological polar surface area (TPSA) is 0 Å². The zero-order chi connectivity index (χ0) is 14.8. The van der Waals surface area contributed by atoms with E-state index in [1.165, 1.54) is 41.5 Å². The SMILES string of the molecule is CC(C)(C)c1cc2ccc3ccc(I)c4ccc(c1)c2c34. The standard InChI is InChI=1S/C20H17I/c1-20(2,3)15-10-13-5-4-12-7-9-17(21)16-8-6-14(11-15)18(13)19(12)16/h4-11H,1-3H3. The van der Waals surface area contributed by atoms with E-state index in [0.29, 0.717) is 0 Å². The summed E-state index contributed by atoms with van der Waals surface area (Å²) in [5.41, 5.74) is 1.59. The molecule has 4 rings (SSSR count). The lowest BCUT2D eigenvalue weighted by atomic mass is 9.83. The molecule has 0 amide bonds. The summed E-state index contributed by atoms with van der Waals surface area (Å²) >= 11 is 2.44. The van der Waals surface area contributed by atoms with E-state index in [9.17, 15) is 0 Å². The third-order valence-corrected chi connectivity index (χ3v) is 5.35. The predicted octanol–water partition coefficient (Wildman–Crippen LogP) is 6.49. The molecular weight excluding hydrogens is 367 g/mol. The fourth-order valence-electron chi connectivity index (χ4n) is 3.22. The number of hydrogen-bond acceptors (Lipinski definition) is 0. The van der Waals surface area contributed by atoms with E-state index in [2.05, 4.69) is 91.9 Å². The molecule has 0 nitrogen and oxygen atoms in total. The van der Waals surface area contributed by atoms with Crippen molar-refractivity contribution in [2.24, 2.45) is 0 Å². The van der Waals surface area contributed by atoms with Crippen LogP contribution in [0.4, 0.5) is 0 Å². The molecule has 1 heteroatoms. The summed E-state index contributed by atoms with van der Waals surface area (Å²) in [7, 11) is 0. The first-order valence-corrected chi connectivity index (χ1v) is 8.40. The van der Waals surface area contributed by atoms with Crippen molar-refractivity contribution < 1.29 is 0 Å². The third kappa shape index (κ3) is 1.94. The van der Waals surface area contributed by atoms with Gasteiger partial charge in [0.25, 0.3) is 0 Å². The van der Waals surface area contributed by atoms with Crippen LogP contribution in [0.2, 0.25) is 0 Å². The first kappa shape index (κ1) is 13.3. The Labute approximate surface area is 138 Å². The Hall–Kier alpha value is -1.35. The molecule has 0 bridgehead atoms. The maximum atomic E-state index is 2.44. The van der Waals surface area contributed by atoms with Crippen LogP contribution in [-0.4, -0.2) is 0 Å². The molecule has 0 radical (unpaired) electrons. The van der Waals surface area contributed by atoms with E-state index in [0.717, 1.165) is 0 Å². The monoisotopic (exact) mass is 384 g/mol. The van der Waals surface area contributed by atoms with Crippen molar-refractivity contribution in [2.45, 2.75) is 26.2 Å². The van der Waals surface area contributed by atoms with Crippen LogP contribution in [0, 0.1) is 3.57 Å². The normalized spacial score (nSPS) is 12.8. The molecule has 0 aliphatic heterocycles. The van der Waals surface area contributed by atoms with Crippen molar-refractivity contribution >= 4 is 54.9 Å². The maximum absolute atomic E-state index is 2.44. The number of hydrogen-bond donors (Lipinski definition) is 0. The van der Waals surface area contributed by atoms with Crippen molar-refractivity contribution in [3.63, 3.8) is 0 Å². The van der Waals surface area contributed by atoms with Crippen LogP contribution in [-0.2, 0) is 5.41 Å². The lowest BCUT2D eigenvalue weighted by Crippen LogP contribution is -2.10. The zero-order valence-corrected chi connectivity index (χ0v) is 14.7. The van der Waals surface area contributed by atoms with Gasteiger partial charge in [0.15, 0.2) is 0 Å². The van der Waals surface area contributed by atoms with Gasteiger partial charge in [-0.1, -0.05) is 63.2 Å². The summed E-state index contributed by atoms with van der Waals surface area (Å²) in [5, 5.41) is 8.26. The van der Waals surface area contributed by atoms with Gasteiger partial charge in [0, 0.05) is 3.57 Å². The van der Waals surface area contributed by atoms with Crippen LogP contribution in [0.1, 0.15) is 26.3 Å². The lowest BCUT2D eigenvalue weighted by Gasteiger charge is -2.21. The molecule has 4 aromatic carbocycles. The second kappa shape index (κ2) is 4.33. The minimum absolute atomic E-state index is 0.179. The smallest absolute Gasteiger partial charge is 0.0209 e. The fraction of sp³-hybridized carbons (Fsp3) is 0.200. The van der Waals surface area contributed by atoms with Crippen LogP contribution < -0.4 is 0 Å². The number of rotatable bonds is 0. The van der Waals surface area contributed by atoms with Gasteiger partial charge in [-0.3, -0.25) is 0 Å². The molecule has 104 valence electrons. The summed E-state index contributed by atoms with van der Waals surface area (Å²) in [4.78, 5) is 0. The molecule has 0 spiro atoms. The molecule has 0 aliphatic carbocycles. The minimum Gasteiger partial charge on any atom is -0.0561 e. The van der Waals surface area contributed by atoms with Gasteiger partial charge in [-0.25, -0.2) is 0 Å². The Bertz CT molecular complexity index is 955. The van der Waals surface area contributed by atoms with Crippen LogP contribution in [0.25, 0.3) is 32.3 Å². The predicted molar refractivity (Wildman–Crippen MR) is 102 cm³/mol. The Morgan fingerprint density at radius 1 is 0.714 bits per heavy atom. The Kier molecular flexibility index (Phi) is 2.74. The largest absolute Gasteiger partial charge is 0.0561 e. The molecule has 0 saturated carbocycles. The van der Waals surface area contributed by atoms with E-state index in [1.807, 2.05) is 0 Å². The highest BCUT2D eigenvalue weighted by Gasteiger charge is 2.17. The molecule has 0 saturated heterocycles. The van der Waals surface area contributed by atoms with Gasteiger partial charge < -0.3 is 0 Å². The highest BCUT2D eigenvalue weighted by Crippen LogP contribution is 2.38. The van der Waals surface area contributed by atoms with Crippen LogP contribution in [0.5, 0.6) is 0 Å². The minimum atomic E-state index is 0.179. The van der Waals surface area contributed by atoms with E-state index >= 15 is 0 Å². The van der Waals surface area contributed by atoms with Crippen molar-refractivity contribution in [2.75, 3.05) is 0 Å². The quantitative estimate of drug-likeness (QED) is 0.240. The van der Waals surface area contributed by atoms with Crippen molar-refractivity contribution in [1.29, 1.82) is 0 Å². The average Bonchev–Trinajstić information content (AvgIpc) is 2.45. The highest BCUT2D eigenvalue weighted by atomic mass is 127. The molecule has 0 fully saturated rings. The summed E-state index contributed by atoms with van der Waals surface area (Å²) in [5.74, 6) is 0. The van der Waals surface area contributed by atoms with Gasteiger partial charge in [-0.2, -0.15) is 0 Å². The van der Waals surface area contributed by atoms with Gasteiger partial charge in [0.2, 0.25) is 0 Å². The van der Waals surface area contributed by atoms with Crippen molar-refractivity contribution in [1.82, 2.24) is 0 Å². The molecule has 0 unspecified atom stereocenters. The Morgan fingerprint density at radius 3 is 1.95 bits per heavy atom. The summed E-state index contributed by atoms with van der Waals surface area (Å²) in [6, 6.07) is 18.3. The van der Waals surface area contributed by atoms with Gasteiger partial charge in [0.1, 0.15) is 0 Å². The number of halogens is 1. The van der Waals surface area contributed by atoms with E-state index in [1.54, 1.807) is 0 Å². The molecule has 0 heterocycles. The van der Waals surface area contributed by atoms with Crippen LogP contribution in [0.15, 0.2) is 48.5 Å². The first-order chi connectivity index (χ1) is 9.95. The molecule has 0 atom stereocenters. The lowest BCUT2D eigenvalue weighted by molar-refractivity contribution is 0.591. The first-order valence-electron chi connectivity index (χ1n) is 7.33. The third-order valence-electron chi connectivity index (χ3n) is 4.41. The molecule has 0 N–H and O–H groups in total. The highest BCUT2D eigenvalue weighted by molar-refractivity contribution is 14.1. The van der Waals surface area contributed by atoms with Crippen LogP contribution >= 0.6 is 22.6 Å². The van der Waals surface area contributed by atoms with Crippen molar-refractivity contribution in [3.05, 3.63) is 57.7 Å². The van der Waals surface area contributed by atoms with E-state index < -0.39 is 0 Å². The molecule has 4 aromatic rings. The molecule has 21 heavy (non-hydrogen) atoms. The zero-order valence-electron chi connectivity index (χ0n) is 12.5. The van der Waals surface area contributed by atoms with E-state index in [4.69, 9.17) is 0 Å². The van der Waals surface area contributed by atoms with E-state index in [-0.39, 0.29) is 5.41 Å². The summed E-state index contributed by atoms with van der Waals surface area (Å²) in [6.07, 6.45) is 0. The molecule has 0 aromatic heterocycles. The van der Waals surface area contributed by atoms with Gasteiger partial charge in [-0.15, -0.1) is 0 Å². The summed E-state index contributed by atoms with van der Waals surface area (Å²) in [6.45, 7) is 6.84. The Balaban J connectivity index is 2.26. The van der Waals surface area contributed by atoms with Gasteiger partial charge in [-0.05, 0) is 72.0 Å². The molecular formula is C20H17I. The van der Waals surface area contributed by atoms with Crippen molar-refractivity contribution in [3.8, 4) is 0 Å². The average molecular weight is 384 g/mol. The second-order valence-electron chi connectivity index (χ2n) is 6.87.